The normalized spacial score (nSPS) is 19.1. The number of imidazole rings is 1. The summed E-state index contributed by atoms with van der Waals surface area (Å²) in [5.41, 5.74) is 2.91. The highest BCUT2D eigenvalue weighted by molar-refractivity contribution is 5.99. The molecule has 9 nitrogen and oxygen atoms in total. The predicted octanol–water partition coefficient (Wildman–Crippen LogP) is 0.605. The minimum atomic E-state index is -0.620. The highest BCUT2D eigenvalue weighted by Crippen LogP contribution is 2.20. The lowest BCUT2D eigenvalue weighted by Gasteiger charge is -2.45. The van der Waals surface area contributed by atoms with Gasteiger partial charge in [0.15, 0.2) is 5.65 Å². The highest BCUT2D eigenvalue weighted by atomic mass is 16.2. The molecule has 1 unspecified atom stereocenters. The van der Waals surface area contributed by atoms with E-state index in [9.17, 15) is 14.4 Å². The summed E-state index contributed by atoms with van der Waals surface area (Å²) in [6.45, 7) is 1.67. The van der Waals surface area contributed by atoms with Crippen LogP contribution in [0.15, 0.2) is 48.9 Å². The molecule has 3 aromatic rings. The van der Waals surface area contributed by atoms with Crippen LogP contribution in [0.2, 0.25) is 0 Å². The summed E-state index contributed by atoms with van der Waals surface area (Å²) in [5.74, 6) is -0.420. The molecule has 2 fully saturated rings. The lowest BCUT2D eigenvalue weighted by atomic mass is 10.1. The molecule has 31 heavy (non-hydrogen) atoms. The van der Waals surface area contributed by atoms with Crippen LogP contribution >= 0.6 is 0 Å². The second kappa shape index (κ2) is 7.50. The van der Waals surface area contributed by atoms with Crippen LogP contribution in [0.5, 0.6) is 0 Å². The number of likely N-dealkylation sites (N-methyl/N-ethyl adjacent to an activating group) is 1. The second-order valence-electron chi connectivity index (χ2n) is 7.97. The minimum Gasteiger partial charge on any atom is -0.335 e. The summed E-state index contributed by atoms with van der Waals surface area (Å²) in [5, 5.41) is 0. The molecule has 2 aromatic heterocycles. The Morgan fingerprint density at radius 3 is 2.74 bits per heavy atom. The first-order valence-electron chi connectivity index (χ1n) is 10.2. The van der Waals surface area contributed by atoms with E-state index in [2.05, 4.69) is 9.97 Å². The number of carbonyl (C=O) groups excluding carboxylic acids is 3. The molecule has 0 N–H and O–H groups in total. The maximum Gasteiger partial charge on any atom is 0.255 e. The lowest BCUT2D eigenvalue weighted by Crippen LogP contribution is -2.66. The van der Waals surface area contributed by atoms with Gasteiger partial charge in [0.2, 0.25) is 11.8 Å². The number of piperazine rings is 2. The zero-order valence-electron chi connectivity index (χ0n) is 17.1. The number of rotatable bonds is 3. The smallest absolute Gasteiger partial charge is 0.255 e. The number of pyridine rings is 1. The molecule has 2 aliphatic heterocycles. The Morgan fingerprint density at radius 2 is 1.94 bits per heavy atom. The van der Waals surface area contributed by atoms with Gasteiger partial charge in [0.1, 0.15) is 11.6 Å². The molecule has 0 radical (unpaired) electrons. The van der Waals surface area contributed by atoms with Crippen molar-refractivity contribution < 1.29 is 14.4 Å². The monoisotopic (exact) mass is 418 g/mol. The van der Waals surface area contributed by atoms with Crippen LogP contribution in [0.1, 0.15) is 15.9 Å². The maximum atomic E-state index is 13.1. The third kappa shape index (κ3) is 3.41. The molecule has 0 spiro atoms. The first-order valence-corrected chi connectivity index (χ1v) is 10.2. The average molecular weight is 418 g/mol. The van der Waals surface area contributed by atoms with E-state index in [1.54, 1.807) is 35.4 Å². The van der Waals surface area contributed by atoms with Gasteiger partial charge in [-0.25, -0.2) is 9.97 Å². The molecule has 1 atom stereocenters. The highest BCUT2D eigenvalue weighted by Gasteiger charge is 2.42. The van der Waals surface area contributed by atoms with Gasteiger partial charge in [-0.15, -0.1) is 0 Å². The number of benzene rings is 1. The molecule has 2 saturated heterocycles. The quantitative estimate of drug-likeness (QED) is 0.621. The van der Waals surface area contributed by atoms with Gasteiger partial charge in [0, 0.05) is 26.3 Å². The SMILES string of the molecule is CN1CC(=O)N2CCN(C(=O)c3cnc4c(c3)ncn4Cc3ccccc3)CC2C1=O. The number of carbonyl (C=O) groups is 3. The van der Waals surface area contributed by atoms with Crippen molar-refractivity contribution in [3.8, 4) is 0 Å². The van der Waals surface area contributed by atoms with Gasteiger partial charge >= 0.3 is 0 Å². The van der Waals surface area contributed by atoms with Gasteiger partial charge in [-0.2, -0.15) is 0 Å². The van der Waals surface area contributed by atoms with E-state index in [-0.39, 0.29) is 30.8 Å². The summed E-state index contributed by atoms with van der Waals surface area (Å²) >= 11 is 0. The predicted molar refractivity (Wildman–Crippen MR) is 112 cm³/mol. The summed E-state index contributed by atoms with van der Waals surface area (Å²) in [7, 11) is 1.61. The van der Waals surface area contributed by atoms with Crippen molar-refractivity contribution in [3.05, 3.63) is 60.0 Å². The van der Waals surface area contributed by atoms with Crippen LogP contribution in [-0.2, 0) is 16.1 Å². The van der Waals surface area contributed by atoms with Crippen LogP contribution < -0.4 is 0 Å². The van der Waals surface area contributed by atoms with Crippen molar-refractivity contribution in [1.29, 1.82) is 0 Å². The zero-order valence-corrected chi connectivity index (χ0v) is 17.1. The maximum absolute atomic E-state index is 13.1. The fraction of sp³-hybridized carbons (Fsp3) is 0.318. The Balaban J connectivity index is 1.35. The Hall–Kier alpha value is -3.75. The van der Waals surface area contributed by atoms with E-state index in [0.717, 1.165) is 5.56 Å². The second-order valence-corrected chi connectivity index (χ2v) is 7.97. The molecule has 5 rings (SSSR count). The van der Waals surface area contributed by atoms with Crippen molar-refractivity contribution in [2.24, 2.45) is 0 Å². The minimum absolute atomic E-state index is 0.0776. The number of aromatic nitrogens is 3. The molecule has 158 valence electrons. The lowest BCUT2D eigenvalue weighted by molar-refractivity contribution is -0.157. The molecule has 0 aliphatic carbocycles. The molecular formula is C22H22N6O3. The first kappa shape index (κ1) is 19.2. The van der Waals surface area contributed by atoms with E-state index in [0.29, 0.717) is 36.4 Å². The molecular weight excluding hydrogens is 396 g/mol. The molecule has 0 bridgehead atoms. The van der Waals surface area contributed by atoms with Crippen molar-refractivity contribution >= 4 is 28.9 Å². The van der Waals surface area contributed by atoms with E-state index in [4.69, 9.17) is 0 Å². The van der Waals surface area contributed by atoms with Gasteiger partial charge < -0.3 is 19.3 Å². The molecule has 3 amide bonds. The van der Waals surface area contributed by atoms with Crippen molar-refractivity contribution in [2.45, 2.75) is 12.6 Å². The largest absolute Gasteiger partial charge is 0.335 e. The van der Waals surface area contributed by atoms with Crippen molar-refractivity contribution in [3.63, 3.8) is 0 Å². The number of amides is 3. The van der Waals surface area contributed by atoms with Crippen LogP contribution in [0.3, 0.4) is 0 Å². The van der Waals surface area contributed by atoms with Crippen LogP contribution in [-0.4, -0.2) is 86.2 Å². The van der Waals surface area contributed by atoms with Crippen LogP contribution in [0.4, 0.5) is 0 Å². The molecule has 0 saturated carbocycles. The van der Waals surface area contributed by atoms with Gasteiger partial charge in [0.25, 0.3) is 5.91 Å². The fourth-order valence-corrected chi connectivity index (χ4v) is 4.25. The van der Waals surface area contributed by atoms with E-state index < -0.39 is 6.04 Å². The van der Waals surface area contributed by atoms with Crippen molar-refractivity contribution in [2.75, 3.05) is 33.2 Å². The van der Waals surface area contributed by atoms with E-state index in [1.807, 2.05) is 34.9 Å². The Morgan fingerprint density at radius 1 is 1.13 bits per heavy atom. The van der Waals surface area contributed by atoms with Crippen LogP contribution in [0, 0.1) is 0 Å². The number of fused-ring (bicyclic) bond motifs is 2. The molecule has 2 aliphatic rings. The van der Waals surface area contributed by atoms with Gasteiger partial charge in [-0.05, 0) is 11.6 Å². The van der Waals surface area contributed by atoms with Gasteiger partial charge in [-0.3, -0.25) is 14.4 Å². The molecule has 9 heteroatoms. The first-order chi connectivity index (χ1) is 15.0. The Bertz CT molecular complexity index is 1170. The number of hydrogen-bond donors (Lipinski definition) is 0. The van der Waals surface area contributed by atoms with Crippen molar-refractivity contribution in [1.82, 2.24) is 29.2 Å². The molecule has 4 heterocycles. The van der Waals surface area contributed by atoms with Gasteiger partial charge in [0.05, 0.1) is 31.5 Å². The number of hydrogen-bond acceptors (Lipinski definition) is 5. The van der Waals surface area contributed by atoms with E-state index in [1.165, 1.54) is 4.90 Å². The standard InChI is InChI=1S/C22H22N6O3/c1-25-13-19(29)28-8-7-26(12-18(28)22(25)31)21(30)16-9-17-20(23-10-16)27(14-24-17)11-15-5-3-2-4-6-15/h2-6,9-10,14,18H,7-8,11-13H2,1H3. The zero-order chi connectivity index (χ0) is 21.5. The Kier molecular flexibility index (Phi) is 4.65. The fourth-order valence-electron chi connectivity index (χ4n) is 4.25. The summed E-state index contributed by atoms with van der Waals surface area (Å²) in [6.07, 6.45) is 3.28. The van der Waals surface area contributed by atoms with Gasteiger partial charge in [-0.1, -0.05) is 30.3 Å². The third-order valence-corrected chi connectivity index (χ3v) is 5.92. The van der Waals surface area contributed by atoms with Crippen LogP contribution in [0.25, 0.3) is 11.2 Å². The van der Waals surface area contributed by atoms with E-state index >= 15 is 0 Å². The summed E-state index contributed by atoms with van der Waals surface area (Å²) in [4.78, 5) is 51.4. The average Bonchev–Trinajstić information content (AvgIpc) is 3.19. The summed E-state index contributed by atoms with van der Waals surface area (Å²) in [6, 6.07) is 11.1. The topological polar surface area (TPSA) is 91.6 Å². The third-order valence-electron chi connectivity index (χ3n) is 5.92. The Labute approximate surface area is 178 Å². The number of nitrogens with zero attached hydrogens (tertiary/aromatic N) is 6. The molecule has 1 aromatic carbocycles. The summed E-state index contributed by atoms with van der Waals surface area (Å²) < 4.78 is 1.94.